The Hall–Kier alpha value is -0.890. The second kappa shape index (κ2) is 4.81. The van der Waals surface area contributed by atoms with Crippen LogP contribution in [0.4, 0.5) is 0 Å². The van der Waals surface area contributed by atoms with Crippen LogP contribution in [0.15, 0.2) is 8.89 Å². The van der Waals surface area contributed by atoms with Crippen LogP contribution in [0.5, 0.6) is 0 Å². The molecule has 86 valence electrons. The van der Waals surface area contributed by atoms with Crippen molar-refractivity contribution in [3.05, 3.63) is 10.0 Å². The summed E-state index contributed by atoms with van der Waals surface area (Å²) in [6.45, 7) is 1.77. The maximum Gasteiger partial charge on any atom is 0.148 e. The van der Waals surface area contributed by atoms with E-state index in [2.05, 4.69) is 15.9 Å². The average molecular weight is 320 g/mol. The minimum absolute atomic E-state index is 0.259. The summed E-state index contributed by atoms with van der Waals surface area (Å²) >= 11 is 3.36. The van der Waals surface area contributed by atoms with Crippen LogP contribution >= 0.6 is 15.9 Å². The van der Waals surface area contributed by atoms with Gasteiger partial charge in [0.1, 0.15) is 58.2 Å². The summed E-state index contributed by atoms with van der Waals surface area (Å²) in [4.78, 5) is 0. The SMILES string of the molecule is [B]c1c([B])c([B])c2c(oc3c([B])c(C)c([B])c([B])c32)c1Br. The quantitative estimate of drug-likeness (QED) is 0.415. The van der Waals surface area contributed by atoms with Crippen molar-refractivity contribution >= 4 is 118 Å². The lowest BCUT2D eigenvalue weighted by Crippen LogP contribution is -2.40. The van der Waals surface area contributed by atoms with Crippen molar-refractivity contribution in [3.63, 3.8) is 0 Å². The fourth-order valence-electron chi connectivity index (χ4n) is 2.46. The molecule has 8 heteroatoms. The highest BCUT2D eigenvalue weighted by Crippen LogP contribution is 2.28. The Balaban J connectivity index is 2.73. The van der Waals surface area contributed by atoms with Gasteiger partial charge in [0.05, 0.1) is 4.47 Å². The molecule has 0 bridgehead atoms. The fraction of sp³-hybridized carbons (Fsp3) is 0.0769. The standard InChI is InChI=1S/C13H3B6BrO/c1-2-5(14)7(16)3-4-8(17)9(18)10(19)11(20)13(4)21-12(3)6(2)15/h1H3. The summed E-state index contributed by atoms with van der Waals surface area (Å²) in [7, 11) is 36.1. The molecule has 0 atom stereocenters. The Bertz CT molecular complexity index is 856. The van der Waals surface area contributed by atoms with Crippen LogP contribution in [0.1, 0.15) is 5.56 Å². The molecular formula is C13H3B6BrO. The predicted octanol–water partition coefficient (Wildman–Crippen LogP) is -2.58. The molecule has 0 unspecified atom stereocenters. The molecule has 0 amide bonds. The molecule has 1 nitrogen and oxygen atoms in total. The van der Waals surface area contributed by atoms with E-state index in [9.17, 15) is 0 Å². The number of hydrogen-bond donors (Lipinski definition) is 0. The normalized spacial score (nSPS) is 11.5. The van der Waals surface area contributed by atoms with E-state index in [1.165, 1.54) is 0 Å². The van der Waals surface area contributed by atoms with Gasteiger partial charge in [-0.3, -0.25) is 0 Å². The minimum Gasteiger partial charge on any atom is -0.456 e. The van der Waals surface area contributed by atoms with Crippen LogP contribution in [0.3, 0.4) is 0 Å². The maximum absolute atomic E-state index is 6.12. The highest BCUT2D eigenvalue weighted by Gasteiger charge is 2.20. The van der Waals surface area contributed by atoms with Gasteiger partial charge in [0.2, 0.25) is 0 Å². The molecule has 12 radical (unpaired) electrons. The van der Waals surface area contributed by atoms with Gasteiger partial charge in [0.15, 0.2) is 0 Å². The molecule has 21 heavy (non-hydrogen) atoms. The minimum atomic E-state index is 0.259. The van der Waals surface area contributed by atoms with E-state index in [0.717, 1.165) is 0 Å². The summed E-state index contributed by atoms with van der Waals surface area (Å²) < 4.78 is 6.33. The second-order valence-corrected chi connectivity index (χ2v) is 5.72. The molecule has 3 rings (SSSR count). The molecule has 0 fully saturated rings. The second-order valence-electron chi connectivity index (χ2n) is 4.93. The van der Waals surface area contributed by atoms with Gasteiger partial charge < -0.3 is 4.42 Å². The molecular weight excluding hydrogens is 317 g/mol. The van der Waals surface area contributed by atoms with Gasteiger partial charge in [-0.1, -0.05) is 27.4 Å². The van der Waals surface area contributed by atoms with Gasteiger partial charge in [0.25, 0.3) is 0 Å². The van der Waals surface area contributed by atoms with Crippen molar-refractivity contribution in [1.29, 1.82) is 0 Å². The molecule has 0 saturated carbocycles. The van der Waals surface area contributed by atoms with Gasteiger partial charge in [-0.2, -0.15) is 0 Å². The van der Waals surface area contributed by atoms with Crippen LogP contribution in [-0.2, 0) is 0 Å². The largest absolute Gasteiger partial charge is 0.456 e. The molecule has 1 aromatic heterocycles. The first-order chi connectivity index (χ1) is 9.77. The monoisotopic (exact) mass is 320 g/mol. The van der Waals surface area contributed by atoms with E-state index in [1.54, 1.807) is 6.92 Å². The molecule has 0 N–H and O–H groups in total. The topological polar surface area (TPSA) is 13.1 Å². The van der Waals surface area contributed by atoms with Gasteiger partial charge in [0, 0.05) is 10.8 Å². The Kier molecular flexibility index (Phi) is 3.44. The summed E-state index contributed by atoms with van der Waals surface area (Å²) in [5, 5.41) is 1.11. The summed E-state index contributed by atoms with van der Waals surface area (Å²) in [6.07, 6.45) is 0. The third-order valence-electron chi connectivity index (χ3n) is 3.81. The third kappa shape index (κ3) is 1.84. The van der Waals surface area contributed by atoms with Crippen molar-refractivity contribution in [2.45, 2.75) is 6.92 Å². The summed E-state index contributed by atoms with van der Waals surface area (Å²) in [5.74, 6) is 0. The molecule has 0 aliphatic carbocycles. The number of halogens is 1. The van der Waals surface area contributed by atoms with E-state index in [1.807, 2.05) is 0 Å². The number of hydrogen-bond acceptors (Lipinski definition) is 1. The van der Waals surface area contributed by atoms with Crippen molar-refractivity contribution in [2.75, 3.05) is 0 Å². The van der Waals surface area contributed by atoms with E-state index < -0.39 is 0 Å². The number of benzene rings is 2. The lowest BCUT2D eigenvalue weighted by atomic mass is 9.68. The van der Waals surface area contributed by atoms with Gasteiger partial charge in [-0.15, -0.1) is 10.9 Å². The Labute approximate surface area is 139 Å². The number of rotatable bonds is 0. The highest BCUT2D eigenvalue weighted by atomic mass is 79.9. The van der Waals surface area contributed by atoms with Crippen LogP contribution in [-0.4, -0.2) is 47.1 Å². The summed E-state index contributed by atoms with van der Waals surface area (Å²) in [5.41, 5.74) is 3.55. The van der Waals surface area contributed by atoms with E-state index in [0.29, 0.717) is 59.3 Å². The van der Waals surface area contributed by atoms with Crippen molar-refractivity contribution in [1.82, 2.24) is 0 Å². The predicted molar refractivity (Wildman–Crippen MR) is 98.5 cm³/mol. The van der Waals surface area contributed by atoms with E-state index in [4.69, 9.17) is 51.5 Å². The molecule has 0 aliphatic rings. The Morgan fingerprint density at radius 3 is 1.81 bits per heavy atom. The molecule has 0 saturated heterocycles. The number of furan rings is 1. The van der Waals surface area contributed by atoms with Crippen LogP contribution < -0.4 is 32.8 Å². The smallest absolute Gasteiger partial charge is 0.148 e. The molecule has 2 aromatic carbocycles. The Morgan fingerprint density at radius 1 is 0.667 bits per heavy atom. The fourth-order valence-corrected chi connectivity index (χ4v) is 2.95. The lowest BCUT2D eigenvalue weighted by molar-refractivity contribution is 0.670. The van der Waals surface area contributed by atoms with Crippen molar-refractivity contribution in [3.8, 4) is 0 Å². The zero-order valence-electron chi connectivity index (χ0n) is 11.3. The Morgan fingerprint density at radius 2 is 1.19 bits per heavy atom. The molecule has 0 spiro atoms. The first kappa shape index (κ1) is 15.0. The first-order valence-corrected chi connectivity index (χ1v) is 6.87. The third-order valence-corrected chi connectivity index (χ3v) is 4.59. The van der Waals surface area contributed by atoms with E-state index in [-0.39, 0.29) is 5.46 Å². The molecule has 3 aromatic rings. The van der Waals surface area contributed by atoms with Gasteiger partial charge in [-0.05, 0) is 22.9 Å². The lowest BCUT2D eigenvalue weighted by Gasteiger charge is -2.13. The van der Waals surface area contributed by atoms with Crippen molar-refractivity contribution in [2.24, 2.45) is 0 Å². The van der Waals surface area contributed by atoms with Crippen LogP contribution in [0.2, 0.25) is 0 Å². The zero-order valence-corrected chi connectivity index (χ0v) is 12.8. The van der Waals surface area contributed by atoms with Gasteiger partial charge in [-0.25, -0.2) is 0 Å². The average Bonchev–Trinajstić information content (AvgIpc) is 2.87. The zero-order chi connectivity index (χ0) is 15.6. The maximum atomic E-state index is 6.12. The van der Waals surface area contributed by atoms with Crippen LogP contribution in [0.25, 0.3) is 21.9 Å². The molecule has 1 heterocycles. The summed E-state index contributed by atoms with van der Waals surface area (Å²) in [6, 6.07) is 0. The number of fused-ring (bicyclic) bond motifs is 3. The molecule has 0 aliphatic heterocycles. The van der Waals surface area contributed by atoms with E-state index >= 15 is 0 Å². The highest BCUT2D eigenvalue weighted by molar-refractivity contribution is 9.10. The van der Waals surface area contributed by atoms with Crippen LogP contribution in [0, 0.1) is 6.92 Å². The van der Waals surface area contributed by atoms with Crippen molar-refractivity contribution < 1.29 is 4.42 Å². The van der Waals surface area contributed by atoms with Gasteiger partial charge >= 0.3 is 0 Å². The first-order valence-electron chi connectivity index (χ1n) is 6.08.